The summed E-state index contributed by atoms with van der Waals surface area (Å²) in [5.74, 6) is 0.472. The number of hydrogen-bond acceptors (Lipinski definition) is 6. The topological polar surface area (TPSA) is 72.2 Å². The highest BCUT2D eigenvalue weighted by Crippen LogP contribution is 2.39. The van der Waals surface area contributed by atoms with Crippen molar-refractivity contribution in [2.45, 2.75) is 6.04 Å². The highest BCUT2D eigenvalue weighted by atomic mass is 35.5. The zero-order valence-corrected chi connectivity index (χ0v) is 18.4. The van der Waals surface area contributed by atoms with Crippen LogP contribution in [0.1, 0.15) is 27.7 Å². The Labute approximate surface area is 190 Å². The maximum Gasteiger partial charge on any atom is 0.290 e. The fraction of sp³-hybridized carbons (Fsp3) is 0.333. The first-order valence-electron chi connectivity index (χ1n) is 10.6. The smallest absolute Gasteiger partial charge is 0.290 e. The van der Waals surface area contributed by atoms with Crippen molar-refractivity contribution >= 4 is 28.5 Å². The van der Waals surface area contributed by atoms with Crippen LogP contribution < -0.4 is 10.2 Å². The summed E-state index contributed by atoms with van der Waals surface area (Å²) in [6.45, 7) is 4.14. The molecule has 0 N–H and O–H groups in total. The lowest BCUT2D eigenvalue weighted by Gasteiger charge is -2.31. The van der Waals surface area contributed by atoms with Crippen molar-refractivity contribution in [2.75, 3.05) is 46.5 Å². The van der Waals surface area contributed by atoms with E-state index in [9.17, 15) is 9.59 Å². The quantitative estimate of drug-likeness (QED) is 0.589. The molecule has 3 aromatic rings. The van der Waals surface area contributed by atoms with E-state index in [-0.39, 0.29) is 17.1 Å². The van der Waals surface area contributed by atoms with Gasteiger partial charge in [0.2, 0.25) is 5.76 Å². The number of fused-ring (bicyclic) bond motifs is 2. The summed E-state index contributed by atoms with van der Waals surface area (Å²) in [4.78, 5) is 31.0. The van der Waals surface area contributed by atoms with Crippen molar-refractivity contribution in [3.63, 3.8) is 0 Å². The van der Waals surface area contributed by atoms with E-state index in [0.29, 0.717) is 53.6 Å². The van der Waals surface area contributed by atoms with E-state index in [1.54, 1.807) is 30.2 Å². The normalized spacial score (nSPS) is 18.9. The van der Waals surface area contributed by atoms with Gasteiger partial charge in [-0.05, 0) is 35.9 Å². The van der Waals surface area contributed by atoms with Crippen molar-refractivity contribution < 1.29 is 18.7 Å². The molecule has 32 heavy (non-hydrogen) atoms. The monoisotopic (exact) mass is 454 g/mol. The van der Waals surface area contributed by atoms with Crippen molar-refractivity contribution in [3.8, 4) is 5.75 Å². The Balaban J connectivity index is 1.62. The standard InChI is InChI=1S/C24H23ClN2O5/c1-30-17-4-2-3-15(13-17)21-20-22(28)18-14-16(25)5-6-19(18)32-23(20)24(29)27(21)8-7-26-9-11-31-12-10-26/h2-6,13-14,21H,7-12H2,1H3. The van der Waals surface area contributed by atoms with Crippen LogP contribution in [0.2, 0.25) is 5.02 Å². The van der Waals surface area contributed by atoms with Crippen LogP contribution in [0, 0.1) is 0 Å². The molecule has 1 saturated heterocycles. The highest BCUT2D eigenvalue weighted by molar-refractivity contribution is 6.31. The van der Waals surface area contributed by atoms with E-state index in [2.05, 4.69) is 4.90 Å². The zero-order chi connectivity index (χ0) is 22.2. The van der Waals surface area contributed by atoms with Crippen LogP contribution in [0.4, 0.5) is 0 Å². The minimum absolute atomic E-state index is 0.0969. The summed E-state index contributed by atoms with van der Waals surface area (Å²) in [6, 6.07) is 11.8. The second kappa shape index (κ2) is 8.58. The Morgan fingerprint density at radius 1 is 1.09 bits per heavy atom. The fourth-order valence-electron chi connectivity index (χ4n) is 4.46. The Morgan fingerprint density at radius 3 is 2.69 bits per heavy atom. The van der Waals surface area contributed by atoms with Gasteiger partial charge in [0.1, 0.15) is 11.3 Å². The van der Waals surface area contributed by atoms with Crippen LogP contribution in [0.3, 0.4) is 0 Å². The van der Waals surface area contributed by atoms with Crippen LogP contribution >= 0.6 is 11.6 Å². The molecule has 1 amide bonds. The lowest BCUT2D eigenvalue weighted by Crippen LogP contribution is -2.42. The summed E-state index contributed by atoms with van der Waals surface area (Å²) >= 11 is 6.14. The number of morpholine rings is 1. The van der Waals surface area contributed by atoms with E-state index in [0.717, 1.165) is 18.7 Å². The van der Waals surface area contributed by atoms with E-state index in [1.165, 1.54) is 0 Å². The largest absolute Gasteiger partial charge is 0.497 e. The first-order chi connectivity index (χ1) is 15.6. The molecule has 0 spiro atoms. The highest BCUT2D eigenvalue weighted by Gasteiger charge is 2.42. The summed E-state index contributed by atoms with van der Waals surface area (Å²) in [7, 11) is 1.59. The number of hydrogen-bond donors (Lipinski definition) is 0. The molecule has 8 heteroatoms. The van der Waals surface area contributed by atoms with Gasteiger partial charge in [0, 0.05) is 31.2 Å². The predicted molar refractivity (Wildman–Crippen MR) is 121 cm³/mol. The minimum Gasteiger partial charge on any atom is -0.497 e. The molecule has 0 saturated carbocycles. The van der Waals surface area contributed by atoms with Gasteiger partial charge >= 0.3 is 0 Å². The first kappa shape index (κ1) is 21.0. The molecule has 3 heterocycles. The molecule has 7 nitrogen and oxygen atoms in total. The van der Waals surface area contributed by atoms with Gasteiger partial charge < -0.3 is 18.8 Å². The fourth-order valence-corrected chi connectivity index (χ4v) is 4.63. The molecule has 1 unspecified atom stereocenters. The number of halogens is 1. The summed E-state index contributed by atoms with van der Waals surface area (Å²) in [6.07, 6.45) is 0. The van der Waals surface area contributed by atoms with Crippen LogP contribution in [-0.4, -0.2) is 62.2 Å². The molecule has 2 aromatic carbocycles. The van der Waals surface area contributed by atoms with E-state index >= 15 is 0 Å². The average molecular weight is 455 g/mol. The van der Waals surface area contributed by atoms with E-state index in [4.69, 9.17) is 25.5 Å². The molecule has 0 bridgehead atoms. The molecule has 1 aromatic heterocycles. The third-order valence-corrected chi connectivity index (χ3v) is 6.33. The maximum absolute atomic E-state index is 13.6. The molecule has 1 atom stereocenters. The molecular formula is C24H23ClN2O5. The van der Waals surface area contributed by atoms with Gasteiger partial charge in [0.25, 0.3) is 5.91 Å². The number of nitrogens with zero attached hydrogens (tertiary/aromatic N) is 2. The van der Waals surface area contributed by atoms with Gasteiger partial charge in [0.05, 0.1) is 37.3 Å². The van der Waals surface area contributed by atoms with Gasteiger partial charge in [0.15, 0.2) is 5.43 Å². The Bertz CT molecular complexity index is 1230. The average Bonchev–Trinajstić information content (AvgIpc) is 3.10. The maximum atomic E-state index is 13.6. The Hall–Kier alpha value is -2.87. The number of benzene rings is 2. The number of carbonyl (C=O) groups excluding carboxylic acids is 1. The van der Waals surface area contributed by atoms with Gasteiger partial charge in [-0.1, -0.05) is 23.7 Å². The molecule has 0 aliphatic carbocycles. The second-order valence-electron chi connectivity index (χ2n) is 7.95. The van der Waals surface area contributed by atoms with Crippen molar-refractivity contribution in [3.05, 3.63) is 74.6 Å². The van der Waals surface area contributed by atoms with Crippen LogP contribution in [-0.2, 0) is 4.74 Å². The Morgan fingerprint density at radius 2 is 1.91 bits per heavy atom. The van der Waals surface area contributed by atoms with Gasteiger partial charge in [-0.25, -0.2) is 0 Å². The third kappa shape index (κ3) is 3.66. The van der Waals surface area contributed by atoms with Crippen molar-refractivity contribution in [2.24, 2.45) is 0 Å². The number of carbonyl (C=O) groups is 1. The lowest BCUT2D eigenvalue weighted by atomic mass is 9.98. The molecule has 2 aliphatic heterocycles. The minimum atomic E-state index is -0.562. The molecule has 5 rings (SSSR count). The van der Waals surface area contributed by atoms with Crippen LogP contribution in [0.15, 0.2) is 51.7 Å². The van der Waals surface area contributed by atoms with Gasteiger partial charge in [-0.15, -0.1) is 0 Å². The molecule has 0 radical (unpaired) electrons. The van der Waals surface area contributed by atoms with Crippen molar-refractivity contribution in [1.29, 1.82) is 0 Å². The SMILES string of the molecule is COc1cccc(C2c3c(oc4ccc(Cl)cc4c3=O)C(=O)N2CCN2CCOCC2)c1. The summed E-state index contributed by atoms with van der Waals surface area (Å²) < 4.78 is 16.8. The molecule has 2 aliphatic rings. The van der Waals surface area contributed by atoms with Gasteiger partial charge in [-0.3, -0.25) is 14.5 Å². The number of methoxy groups -OCH3 is 1. The predicted octanol–water partition coefficient (Wildman–Crippen LogP) is 3.33. The molecular weight excluding hydrogens is 432 g/mol. The summed E-state index contributed by atoms with van der Waals surface area (Å²) in [5.41, 5.74) is 1.26. The van der Waals surface area contributed by atoms with E-state index in [1.807, 2.05) is 24.3 Å². The number of rotatable bonds is 5. The molecule has 166 valence electrons. The first-order valence-corrected chi connectivity index (χ1v) is 11.0. The number of amides is 1. The second-order valence-corrected chi connectivity index (χ2v) is 8.38. The van der Waals surface area contributed by atoms with Crippen LogP contribution in [0.5, 0.6) is 5.75 Å². The van der Waals surface area contributed by atoms with Crippen molar-refractivity contribution in [1.82, 2.24) is 9.80 Å². The zero-order valence-electron chi connectivity index (χ0n) is 17.7. The van der Waals surface area contributed by atoms with Gasteiger partial charge in [-0.2, -0.15) is 0 Å². The van der Waals surface area contributed by atoms with Crippen LogP contribution in [0.25, 0.3) is 11.0 Å². The summed E-state index contributed by atoms with van der Waals surface area (Å²) in [5, 5.41) is 0.808. The Kier molecular flexibility index (Phi) is 5.63. The third-order valence-electron chi connectivity index (χ3n) is 6.10. The lowest BCUT2D eigenvalue weighted by molar-refractivity contribution is 0.0314. The number of ether oxygens (including phenoxy) is 2. The van der Waals surface area contributed by atoms with E-state index < -0.39 is 6.04 Å². The molecule has 1 fully saturated rings.